The fraction of sp³-hybridized carbons (Fsp3) is 0.118. The average Bonchev–Trinajstić information content (AvgIpc) is 2.81. The lowest BCUT2D eigenvalue weighted by Gasteiger charge is -2.09. The number of aromatic amines is 1. The maximum Gasteiger partial charge on any atom is 0.153 e. The molecule has 0 unspecified atom stereocenters. The molecule has 1 aromatic heterocycles. The van der Waals surface area contributed by atoms with E-state index < -0.39 is 0 Å². The molecule has 106 valence electrons. The van der Waals surface area contributed by atoms with Crippen LogP contribution in [0.3, 0.4) is 0 Å². The van der Waals surface area contributed by atoms with Crippen molar-refractivity contribution in [1.82, 2.24) is 10.2 Å². The van der Waals surface area contributed by atoms with Gasteiger partial charge < -0.3 is 5.73 Å². The Kier molecular flexibility index (Phi) is 3.22. The lowest BCUT2D eigenvalue weighted by atomic mass is 9.96. The Morgan fingerprint density at radius 3 is 2.52 bits per heavy atom. The van der Waals surface area contributed by atoms with Gasteiger partial charge in [-0.3, -0.25) is 5.10 Å². The number of nitrogen functional groups attached to an aromatic ring is 1. The number of nitrogens with two attached hydrogens (primary N) is 1. The van der Waals surface area contributed by atoms with E-state index in [1.165, 1.54) is 6.07 Å². The van der Waals surface area contributed by atoms with Gasteiger partial charge in [-0.25, -0.2) is 4.39 Å². The molecule has 3 aromatic rings. The first-order valence-electron chi connectivity index (χ1n) is 6.74. The minimum Gasteiger partial charge on any atom is -0.382 e. The van der Waals surface area contributed by atoms with E-state index in [0.29, 0.717) is 17.1 Å². The van der Waals surface area contributed by atoms with Crippen LogP contribution >= 0.6 is 0 Å². The molecule has 0 aliphatic rings. The molecule has 0 radical (unpaired) electrons. The van der Waals surface area contributed by atoms with Crippen LogP contribution in [0, 0.1) is 19.7 Å². The summed E-state index contributed by atoms with van der Waals surface area (Å²) < 4.78 is 14.3. The minimum atomic E-state index is -0.284. The first kappa shape index (κ1) is 13.4. The monoisotopic (exact) mass is 281 g/mol. The fourth-order valence-corrected chi connectivity index (χ4v) is 2.50. The van der Waals surface area contributed by atoms with Gasteiger partial charge in [0.15, 0.2) is 5.82 Å². The minimum absolute atomic E-state index is 0.284. The average molecular weight is 281 g/mol. The maximum atomic E-state index is 14.3. The standard InChI is InChI=1S/C17H16FN3/c1-10-7-8-13(14(18)9-10)16-15(17(19)21-20-16)12-6-4-3-5-11(12)2/h3-9H,1-2H3,(H3,19,20,21). The van der Waals surface area contributed by atoms with E-state index in [1.807, 2.05) is 44.2 Å². The summed E-state index contributed by atoms with van der Waals surface area (Å²) in [7, 11) is 0. The van der Waals surface area contributed by atoms with Gasteiger partial charge in [0.1, 0.15) is 5.82 Å². The summed E-state index contributed by atoms with van der Waals surface area (Å²) in [5.41, 5.74) is 10.7. The zero-order valence-corrected chi connectivity index (χ0v) is 11.9. The molecule has 0 fully saturated rings. The second kappa shape index (κ2) is 5.05. The Morgan fingerprint density at radius 2 is 1.81 bits per heavy atom. The topological polar surface area (TPSA) is 54.7 Å². The molecule has 21 heavy (non-hydrogen) atoms. The molecule has 0 spiro atoms. The highest BCUT2D eigenvalue weighted by molar-refractivity contribution is 5.89. The van der Waals surface area contributed by atoms with Crippen LogP contribution in [0.4, 0.5) is 10.2 Å². The quantitative estimate of drug-likeness (QED) is 0.743. The van der Waals surface area contributed by atoms with Crippen molar-refractivity contribution in [2.75, 3.05) is 5.73 Å². The molecule has 0 amide bonds. The van der Waals surface area contributed by atoms with Crippen molar-refractivity contribution in [1.29, 1.82) is 0 Å². The second-order valence-corrected chi connectivity index (χ2v) is 5.16. The van der Waals surface area contributed by atoms with Crippen LogP contribution in [0.5, 0.6) is 0 Å². The number of rotatable bonds is 2. The van der Waals surface area contributed by atoms with Crippen molar-refractivity contribution < 1.29 is 4.39 Å². The van der Waals surface area contributed by atoms with Crippen molar-refractivity contribution in [3.05, 3.63) is 59.4 Å². The van der Waals surface area contributed by atoms with Crippen molar-refractivity contribution in [2.45, 2.75) is 13.8 Å². The highest BCUT2D eigenvalue weighted by Gasteiger charge is 2.18. The lowest BCUT2D eigenvalue weighted by molar-refractivity contribution is 0.629. The fourth-order valence-electron chi connectivity index (χ4n) is 2.50. The number of nitrogens with zero attached hydrogens (tertiary/aromatic N) is 1. The van der Waals surface area contributed by atoms with Gasteiger partial charge >= 0.3 is 0 Å². The Bertz CT molecular complexity index is 806. The van der Waals surface area contributed by atoms with Gasteiger partial charge in [-0.15, -0.1) is 0 Å². The van der Waals surface area contributed by atoms with Gasteiger partial charge in [0, 0.05) is 5.56 Å². The number of anilines is 1. The normalized spacial score (nSPS) is 10.8. The number of nitrogens with one attached hydrogen (secondary N) is 1. The van der Waals surface area contributed by atoms with Gasteiger partial charge in [-0.1, -0.05) is 30.3 Å². The molecule has 0 atom stereocenters. The van der Waals surface area contributed by atoms with Crippen LogP contribution < -0.4 is 5.73 Å². The third-order valence-corrected chi connectivity index (χ3v) is 3.60. The number of hydrogen-bond donors (Lipinski definition) is 2. The van der Waals surface area contributed by atoms with E-state index in [-0.39, 0.29) is 5.82 Å². The van der Waals surface area contributed by atoms with E-state index in [2.05, 4.69) is 10.2 Å². The zero-order valence-electron chi connectivity index (χ0n) is 11.9. The van der Waals surface area contributed by atoms with Crippen LogP contribution in [-0.4, -0.2) is 10.2 Å². The summed E-state index contributed by atoms with van der Waals surface area (Å²) in [5.74, 6) is 0.0905. The van der Waals surface area contributed by atoms with E-state index in [1.54, 1.807) is 6.07 Å². The summed E-state index contributed by atoms with van der Waals surface area (Å²) in [6.07, 6.45) is 0. The Hall–Kier alpha value is -2.62. The summed E-state index contributed by atoms with van der Waals surface area (Å²) in [4.78, 5) is 0. The predicted molar refractivity (Wildman–Crippen MR) is 83.3 cm³/mol. The summed E-state index contributed by atoms with van der Waals surface area (Å²) >= 11 is 0. The molecule has 4 heteroatoms. The molecular weight excluding hydrogens is 265 g/mol. The molecule has 1 heterocycles. The molecule has 2 aromatic carbocycles. The van der Waals surface area contributed by atoms with Gasteiger partial charge in [0.05, 0.1) is 11.3 Å². The highest BCUT2D eigenvalue weighted by atomic mass is 19.1. The molecule has 0 aliphatic heterocycles. The zero-order chi connectivity index (χ0) is 15.0. The molecule has 3 nitrogen and oxygen atoms in total. The molecule has 0 saturated carbocycles. The summed E-state index contributed by atoms with van der Waals surface area (Å²) in [5, 5.41) is 6.92. The Morgan fingerprint density at radius 1 is 1.05 bits per heavy atom. The van der Waals surface area contributed by atoms with Gasteiger partial charge in [0.2, 0.25) is 0 Å². The third kappa shape index (κ3) is 2.29. The van der Waals surface area contributed by atoms with E-state index in [4.69, 9.17) is 5.73 Å². The summed E-state index contributed by atoms with van der Waals surface area (Å²) in [6, 6.07) is 13.0. The maximum absolute atomic E-state index is 14.3. The van der Waals surface area contributed by atoms with Crippen LogP contribution in [0.2, 0.25) is 0 Å². The Balaban J connectivity index is 2.25. The molecule has 3 rings (SSSR count). The molecule has 0 bridgehead atoms. The first-order valence-corrected chi connectivity index (χ1v) is 6.74. The molecule has 0 aliphatic carbocycles. The number of aromatic nitrogens is 2. The number of aryl methyl sites for hydroxylation is 2. The predicted octanol–water partition coefficient (Wildman–Crippen LogP) is 4.08. The number of benzene rings is 2. The van der Waals surface area contributed by atoms with Crippen LogP contribution in [0.15, 0.2) is 42.5 Å². The molecule has 3 N–H and O–H groups in total. The van der Waals surface area contributed by atoms with Crippen molar-refractivity contribution in [3.63, 3.8) is 0 Å². The van der Waals surface area contributed by atoms with Crippen molar-refractivity contribution >= 4 is 5.82 Å². The van der Waals surface area contributed by atoms with Crippen LogP contribution in [0.25, 0.3) is 22.4 Å². The largest absolute Gasteiger partial charge is 0.382 e. The summed E-state index contributed by atoms with van der Waals surface area (Å²) in [6.45, 7) is 3.85. The van der Waals surface area contributed by atoms with Crippen molar-refractivity contribution in [2.24, 2.45) is 0 Å². The van der Waals surface area contributed by atoms with Gasteiger partial charge in [0.25, 0.3) is 0 Å². The molecular formula is C17H16FN3. The van der Waals surface area contributed by atoms with Crippen molar-refractivity contribution in [3.8, 4) is 22.4 Å². The van der Waals surface area contributed by atoms with Crippen LogP contribution in [-0.2, 0) is 0 Å². The lowest BCUT2D eigenvalue weighted by Crippen LogP contribution is -1.92. The smallest absolute Gasteiger partial charge is 0.153 e. The first-order chi connectivity index (χ1) is 10.1. The number of H-pyrrole nitrogens is 1. The van der Waals surface area contributed by atoms with E-state index >= 15 is 0 Å². The van der Waals surface area contributed by atoms with Gasteiger partial charge in [-0.05, 0) is 42.7 Å². The van der Waals surface area contributed by atoms with E-state index in [0.717, 1.165) is 22.3 Å². The Labute approximate surface area is 122 Å². The SMILES string of the molecule is Cc1ccc(-c2[nH]nc(N)c2-c2ccccc2C)c(F)c1. The number of halogens is 1. The highest BCUT2D eigenvalue weighted by Crippen LogP contribution is 2.37. The van der Waals surface area contributed by atoms with Gasteiger partial charge in [-0.2, -0.15) is 5.10 Å². The number of hydrogen-bond acceptors (Lipinski definition) is 2. The van der Waals surface area contributed by atoms with E-state index in [9.17, 15) is 4.39 Å². The second-order valence-electron chi connectivity index (χ2n) is 5.16. The molecule has 0 saturated heterocycles. The van der Waals surface area contributed by atoms with Crippen LogP contribution in [0.1, 0.15) is 11.1 Å². The third-order valence-electron chi connectivity index (χ3n) is 3.60.